The van der Waals surface area contributed by atoms with Gasteiger partial charge < -0.3 is 39.2 Å². The van der Waals surface area contributed by atoms with Gasteiger partial charge in [-0.2, -0.15) is 9.97 Å². The molecule has 1 amide bonds. The molecule has 9 rings (SSSR count). The molecule has 9 atom stereocenters. The average molecular weight is 917 g/mol. The Hall–Kier alpha value is -4.48. The fraction of sp³-hybridized carbons (Fsp3) is 0.294. The first-order valence-electron chi connectivity index (χ1n) is 17.9. The van der Waals surface area contributed by atoms with Crippen molar-refractivity contribution >= 4 is 95.0 Å². The van der Waals surface area contributed by atoms with Crippen LogP contribution in [0.15, 0.2) is 79.6 Å². The van der Waals surface area contributed by atoms with Crippen molar-refractivity contribution < 1.29 is 51.4 Å². The zero-order chi connectivity index (χ0) is 41.8. The normalized spacial score (nSPS) is 29.6. The molecule has 0 spiro atoms. The summed E-state index contributed by atoms with van der Waals surface area (Å²) in [7, 11) is 0. The van der Waals surface area contributed by atoms with Crippen LogP contribution in [0.2, 0.25) is 5.28 Å². The third kappa shape index (κ3) is 8.28. The highest BCUT2D eigenvalue weighted by molar-refractivity contribution is 8.44. The lowest BCUT2D eigenvalue weighted by Gasteiger charge is -2.27. The number of hydrogen-bond acceptors (Lipinski definition) is 18. The van der Waals surface area contributed by atoms with Crippen molar-refractivity contribution in [3.8, 4) is 0 Å². The topological polar surface area (TPSA) is 261 Å². The SMILES string of the molecule is Nc1nc(Cl)nc2c1ncn2[C@H]1CC2OP(O)(=S)OC[C@H]3O[C@@H](n4cnc5c(NC(=O)c6ccccc6)ncnc54)[C@@H](OP(=O)(S)OC[C@H]2O1)C3OC(=O)c1ccccc1. The number of nitrogens with one attached hydrogen (secondary N) is 1. The number of imidazole rings is 2. The van der Waals surface area contributed by atoms with E-state index in [1.165, 1.54) is 35.7 Å². The molecule has 312 valence electrons. The van der Waals surface area contributed by atoms with Gasteiger partial charge in [-0.1, -0.05) is 48.6 Å². The highest BCUT2D eigenvalue weighted by Crippen LogP contribution is 2.59. The minimum Gasteiger partial charge on any atom is -0.453 e. The lowest BCUT2D eigenvalue weighted by Crippen LogP contribution is -2.39. The zero-order valence-electron chi connectivity index (χ0n) is 30.5. The van der Waals surface area contributed by atoms with Gasteiger partial charge in [-0.3, -0.25) is 23.0 Å². The third-order valence-electron chi connectivity index (χ3n) is 9.68. The standard InChI is InChI=1S/C34H31ClN10O11P2S2/c35-34-41-27(36)23-30(43-34)44(15-39-23)22-11-19-20(52-22)12-50-58(49,60)56-26-25(54-33(47)18-9-5-2-6-10-18)21(13-51-57(48,59)55-19)53-32(26)45-16-40-24-28(37-14-38-29(24)45)42-31(46)17-7-3-1-4-8-17/h1-10,14-16,19-22,25-26,32H,11-13H2,(H,48,59)(H,49,60)(H2,36,41,43)(H,37,38,42,46)/t19?,20-,21-,22-,25?,26+,32-,57?,58?/m1/s1. The first-order valence-corrected chi connectivity index (χ1v) is 23.6. The molecule has 0 aliphatic carbocycles. The van der Waals surface area contributed by atoms with Crippen LogP contribution in [0.25, 0.3) is 22.3 Å². The lowest BCUT2D eigenvalue weighted by molar-refractivity contribution is -0.0589. The number of rotatable bonds is 6. The van der Waals surface area contributed by atoms with Crippen LogP contribution in [-0.4, -0.2) is 99.5 Å². The van der Waals surface area contributed by atoms with E-state index in [1.54, 1.807) is 53.1 Å². The minimum absolute atomic E-state index is 0.0469. The monoisotopic (exact) mass is 916 g/mol. The number of aromatic nitrogens is 8. The maximum atomic E-state index is 14.3. The molecule has 4 aromatic heterocycles. The molecule has 0 saturated carbocycles. The summed E-state index contributed by atoms with van der Waals surface area (Å²) < 4.78 is 59.8. The molecule has 2 bridgehead atoms. The number of nitrogen functional groups attached to an aromatic ring is 1. The molecule has 3 aliphatic heterocycles. The Labute approximate surface area is 353 Å². The predicted molar refractivity (Wildman–Crippen MR) is 217 cm³/mol. The van der Waals surface area contributed by atoms with E-state index in [0.717, 1.165) is 0 Å². The van der Waals surface area contributed by atoms with Crippen molar-refractivity contribution in [3.63, 3.8) is 0 Å². The Morgan fingerprint density at radius 1 is 0.883 bits per heavy atom. The smallest absolute Gasteiger partial charge is 0.386 e. The molecule has 0 radical (unpaired) electrons. The molecular weight excluding hydrogens is 886 g/mol. The highest BCUT2D eigenvalue weighted by Gasteiger charge is 2.53. The van der Waals surface area contributed by atoms with Crippen molar-refractivity contribution in [1.82, 2.24) is 39.0 Å². The summed E-state index contributed by atoms with van der Waals surface area (Å²) in [6.45, 7) is -9.60. The summed E-state index contributed by atoms with van der Waals surface area (Å²) in [6.07, 6.45) is -4.35. The molecule has 4 N–H and O–H groups in total. The molecule has 3 fully saturated rings. The fourth-order valence-corrected chi connectivity index (χ4v) is 10.1. The number of esters is 1. The van der Waals surface area contributed by atoms with Gasteiger partial charge in [0, 0.05) is 12.0 Å². The molecule has 3 saturated heterocycles. The van der Waals surface area contributed by atoms with E-state index in [0.29, 0.717) is 5.56 Å². The second kappa shape index (κ2) is 16.4. The van der Waals surface area contributed by atoms with Gasteiger partial charge in [-0.15, -0.1) is 0 Å². The number of ether oxygens (including phenoxy) is 3. The maximum absolute atomic E-state index is 14.3. The van der Waals surface area contributed by atoms with Gasteiger partial charge in [0.1, 0.15) is 30.3 Å². The van der Waals surface area contributed by atoms with Gasteiger partial charge in [0.15, 0.2) is 46.9 Å². The number of fused-ring (bicyclic) bond motifs is 5. The predicted octanol–water partition coefficient (Wildman–Crippen LogP) is 4.64. The number of amides is 1. The zero-order valence-corrected chi connectivity index (χ0v) is 34.7. The Morgan fingerprint density at radius 2 is 1.58 bits per heavy atom. The van der Waals surface area contributed by atoms with Crippen molar-refractivity contribution in [3.05, 3.63) is 96.1 Å². The van der Waals surface area contributed by atoms with E-state index in [1.807, 2.05) is 0 Å². The summed E-state index contributed by atoms with van der Waals surface area (Å²) in [5, 5.41) is 2.62. The van der Waals surface area contributed by atoms with Gasteiger partial charge >= 0.3 is 19.5 Å². The summed E-state index contributed by atoms with van der Waals surface area (Å²) in [5.41, 5.74) is 7.38. The van der Waals surface area contributed by atoms with Crippen LogP contribution in [-0.2, 0) is 48.7 Å². The third-order valence-corrected chi connectivity index (χ3v) is 13.0. The number of carbonyl (C=O) groups is 2. The second-order valence-electron chi connectivity index (χ2n) is 13.5. The molecule has 26 heteroatoms. The van der Waals surface area contributed by atoms with E-state index in [-0.39, 0.29) is 51.2 Å². The summed E-state index contributed by atoms with van der Waals surface area (Å²) in [6, 6.07) is 16.6. The van der Waals surface area contributed by atoms with Crippen molar-refractivity contribution in [2.24, 2.45) is 0 Å². The van der Waals surface area contributed by atoms with Gasteiger partial charge in [0.2, 0.25) is 5.28 Å². The largest absolute Gasteiger partial charge is 0.453 e. The maximum Gasteiger partial charge on any atom is 0.386 e. The Kier molecular flexibility index (Phi) is 11.2. The molecule has 6 aromatic rings. The van der Waals surface area contributed by atoms with E-state index < -0.39 is 81.6 Å². The number of halogens is 1. The van der Waals surface area contributed by atoms with E-state index in [4.69, 9.17) is 61.4 Å². The molecule has 3 aliphatic rings. The first kappa shape index (κ1) is 40.9. The van der Waals surface area contributed by atoms with Crippen LogP contribution in [0.5, 0.6) is 0 Å². The van der Waals surface area contributed by atoms with Crippen LogP contribution >= 0.6 is 37.4 Å². The first-order chi connectivity index (χ1) is 28.8. The second-order valence-corrected chi connectivity index (χ2v) is 19.5. The van der Waals surface area contributed by atoms with Gasteiger partial charge in [-0.25, -0.2) is 29.3 Å². The average Bonchev–Trinajstić information content (AvgIpc) is 4.02. The molecule has 60 heavy (non-hydrogen) atoms. The van der Waals surface area contributed by atoms with Crippen LogP contribution in [0.1, 0.15) is 39.6 Å². The van der Waals surface area contributed by atoms with Crippen LogP contribution in [0, 0.1) is 0 Å². The van der Waals surface area contributed by atoms with Crippen molar-refractivity contribution in [1.29, 1.82) is 0 Å². The summed E-state index contributed by atoms with van der Waals surface area (Å²) in [5.74, 6) is -1.12. The minimum atomic E-state index is -4.46. The number of carbonyl (C=O) groups excluding carboxylic acids is 2. The molecular formula is C34H31ClN10O11P2S2. The quantitative estimate of drug-likeness (QED) is 0.0768. The number of thiol groups is 1. The number of hydrogen-bond donors (Lipinski definition) is 4. The molecule has 4 unspecified atom stereocenters. The Bertz CT molecular complexity index is 2700. The van der Waals surface area contributed by atoms with Crippen LogP contribution in [0.3, 0.4) is 0 Å². The van der Waals surface area contributed by atoms with Gasteiger partial charge in [0.25, 0.3) is 5.91 Å². The van der Waals surface area contributed by atoms with Crippen molar-refractivity contribution in [2.45, 2.75) is 49.4 Å². The van der Waals surface area contributed by atoms with E-state index >= 15 is 0 Å². The van der Waals surface area contributed by atoms with Gasteiger partial charge in [-0.05, 0) is 47.7 Å². The molecule has 2 aromatic carbocycles. The Morgan fingerprint density at radius 3 is 2.35 bits per heavy atom. The number of benzene rings is 2. The molecule has 7 heterocycles. The fourth-order valence-electron chi connectivity index (χ4n) is 6.96. The number of anilines is 2. The van der Waals surface area contributed by atoms with Crippen LogP contribution in [0.4, 0.5) is 11.6 Å². The summed E-state index contributed by atoms with van der Waals surface area (Å²) >= 11 is 15.9. The van der Waals surface area contributed by atoms with E-state index in [9.17, 15) is 19.0 Å². The molecule has 21 nitrogen and oxygen atoms in total. The van der Waals surface area contributed by atoms with E-state index in [2.05, 4.69) is 47.5 Å². The van der Waals surface area contributed by atoms with Gasteiger partial charge in [0.05, 0.1) is 37.5 Å². The lowest BCUT2D eigenvalue weighted by atomic mass is 10.1. The Balaban J connectivity index is 1.05. The number of nitrogens with two attached hydrogens (primary N) is 1. The summed E-state index contributed by atoms with van der Waals surface area (Å²) in [4.78, 5) is 63.6. The van der Waals surface area contributed by atoms with Crippen molar-refractivity contribution in [2.75, 3.05) is 24.3 Å². The highest BCUT2D eigenvalue weighted by atomic mass is 35.5. The number of nitrogens with zero attached hydrogens (tertiary/aromatic N) is 8. The van der Waals surface area contributed by atoms with Crippen LogP contribution < -0.4 is 11.1 Å².